The molecule has 1 N–H and O–H groups in total. The second-order valence-corrected chi connectivity index (χ2v) is 5.04. The van der Waals surface area contributed by atoms with Crippen LogP contribution in [0.1, 0.15) is 35.9 Å². The Kier molecular flexibility index (Phi) is 4.44. The summed E-state index contributed by atoms with van der Waals surface area (Å²) in [4.78, 5) is 5.20. The number of aryl methyl sites for hydroxylation is 1. The van der Waals surface area contributed by atoms with Crippen molar-refractivity contribution in [1.29, 1.82) is 0 Å². The molecule has 0 aliphatic heterocycles. The summed E-state index contributed by atoms with van der Waals surface area (Å²) in [6.07, 6.45) is 3.96. The topological polar surface area (TPSA) is 24.9 Å². The summed E-state index contributed by atoms with van der Waals surface area (Å²) in [5.74, 6) is -0.287. The van der Waals surface area contributed by atoms with E-state index in [9.17, 15) is 4.39 Å². The molecule has 0 spiro atoms. The number of aromatic nitrogens is 1. The van der Waals surface area contributed by atoms with Crippen molar-refractivity contribution in [2.45, 2.75) is 26.3 Å². The van der Waals surface area contributed by atoms with Gasteiger partial charge in [0.05, 0.1) is 12.2 Å². The zero-order chi connectivity index (χ0) is 13.0. The molecule has 0 aliphatic rings. The number of hydrogen-bond acceptors (Lipinski definition) is 3. The standard InChI is InChI=1S/C14H17FN2S/c1-3-10-5-6-18-14(10)13(17-4-2)11-7-12(15)9-16-8-11/h5-9,13,17H,3-4H2,1-2H3. The van der Waals surface area contributed by atoms with Crippen LogP contribution in [-0.2, 0) is 6.42 Å². The van der Waals surface area contributed by atoms with E-state index in [1.807, 2.05) is 0 Å². The number of pyridine rings is 1. The highest BCUT2D eigenvalue weighted by molar-refractivity contribution is 7.10. The number of thiophene rings is 1. The van der Waals surface area contributed by atoms with Gasteiger partial charge >= 0.3 is 0 Å². The van der Waals surface area contributed by atoms with Crippen LogP contribution in [0.15, 0.2) is 29.9 Å². The molecule has 18 heavy (non-hydrogen) atoms. The van der Waals surface area contributed by atoms with Gasteiger partial charge in [-0.25, -0.2) is 4.39 Å². The first-order chi connectivity index (χ1) is 8.76. The molecule has 96 valence electrons. The highest BCUT2D eigenvalue weighted by Gasteiger charge is 2.18. The van der Waals surface area contributed by atoms with E-state index in [-0.39, 0.29) is 11.9 Å². The van der Waals surface area contributed by atoms with Crippen molar-refractivity contribution in [1.82, 2.24) is 10.3 Å². The van der Waals surface area contributed by atoms with Gasteiger partial charge in [-0.1, -0.05) is 13.8 Å². The highest BCUT2D eigenvalue weighted by atomic mass is 32.1. The summed E-state index contributed by atoms with van der Waals surface area (Å²) in [6, 6.07) is 3.73. The number of nitrogens with zero attached hydrogens (tertiary/aromatic N) is 1. The molecule has 1 unspecified atom stereocenters. The third-order valence-corrected chi connectivity index (χ3v) is 3.92. The van der Waals surface area contributed by atoms with Crippen LogP contribution in [-0.4, -0.2) is 11.5 Å². The zero-order valence-corrected chi connectivity index (χ0v) is 11.4. The predicted molar refractivity (Wildman–Crippen MR) is 73.4 cm³/mol. The van der Waals surface area contributed by atoms with E-state index >= 15 is 0 Å². The Morgan fingerprint density at radius 1 is 1.39 bits per heavy atom. The maximum absolute atomic E-state index is 13.3. The van der Waals surface area contributed by atoms with Crippen LogP contribution < -0.4 is 5.32 Å². The summed E-state index contributed by atoms with van der Waals surface area (Å²) in [6.45, 7) is 5.03. The summed E-state index contributed by atoms with van der Waals surface area (Å²) in [5.41, 5.74) is 2.20. The van der Waals surface area contributed by atoms with Gasteiger partial charge in [0, 0.05) is 11.1 Å². The van der Waals surface area contributed by atoms with E-state index in [4.69, 9.17) is 0 Å². The molecule has 2 aromatic heterocycles. The van der Waals surface area contributed by atoms with Gasteiger partial charge in [-0.3, -0.25) is 4.98 Å². The number of nitrogens with one attached hydrogen (secondary N) is 1. The monoisotopic (exact) mass is 264 g/mol. The molecule has 0 fully saturated rings. The van der Waals surface area contributed by atoms with Gasteiger partial charge in [0.1, 0.15) is 5.82 Å². The largest absolute Gasteiger partial charge is 0.306 e. The Morgan fingerprint density at radius 3 is 2.89 bits per heavy atom. The summed E-state index contributed by atoms with van der Waals surface area (Å²) in [5, 5.41) is 5.50. The molecule has 0 bridgehead atoms. The maximum Gasteiger partial charge on any atom is 0.141 e. The average Bonchev–Trinajstić information content (AvgIpc) is 2.84. The van der Waals surface area contributed by atoms with Crippen LogP contribution in [0.3, 0.4) is 0 Å². The van der Waals surface area contributed by atoms with Gasteiger partial charge in [0.25, 0.3) is 0 Å². The van der Waals surface area contributed by atoms with Gasteiger partial charge in [-0.2, -0.15) is 0 Å². The van der Waals surface area contributed by atoms with Crippen molar-refractivity contribution in [2.75, 3.05) is 6.54 Å². The SMILES string of the molecule is CCNC(c1cncc(F)c1)c1sccc1CC. The molecule has 4 heteroatoms. The van der Waals surface area contributed by atoms with Crippen LogP contribution in [0.4, 0.5) is 4.39 Å². The van der Waals surface area contributed by atoms with Gasteiger partial charge in [-0.15, -0.1) is 11.3 Å². The van der Waals surface area contributed by atoms with Gasteiger partial charge in [0.2, 0.25) is 0 Å². The van der Waals surface area contributed by atoms with Crippen LogP contribution >= 0.6 is 11.3 Å². The summed E-state index contributed by atoms with van der Waals surface area (Å²) >= 11 is 1.71. The van der Waals surface area contributed by atoms with Gasteiger partial charge < -0.3 is 5.32 Å². The van der Waals surface area contributed by atoms with Crippen LogP contribution in [0.2, 0.25) is 0 Å². The molecule has 0 saturated heterocycles. The van der Waals surface area contributed by atoms with Gasteiger partial charge in [0.15, 0.2) is 0 Å². The zero-order valence-electron chi connectivity index (χ0n) is 10.6. The fourth-order valence-electron chi connectivity index (χ4n) is 2.05. The third-order valence-electron chi connectivity index (χ3n) is 2.89. The number of hydrogen-bond donors (Lipinski definition) is 1. The number of rotatable bonds is 5. The Bertz CT molecular complexity index is 510. The molecule has 1 atom stereocenters. The molecular weight excluding hydrogens is 247 g/mol. The molecule has 0 amide bonds. The van der Waals surface area contributed by atoms with E-state index in [1.165, 1.54) is 16.6 Å². The minimum absolute atomic E-state index is 0.0353. The Hall–Kier alpha value is -1.26. The Balaban J connectivity index is 2.39. The van der Waals surface area contributed by atoms with Crippen molar-refractivity contribution in [3.63, 3.8) is 0 Å². The summed E-state index contributed by atoms with van der Waals surface area (Å²) in [7, 11) is 0. The van der Waals surface area contributed by atoms with Crippen molar-refractivity contribution in [3.05, 3.63) is 51.7 Å². The first-order valence-corrected chi connectivity index (χ1v) is 7.04. The first kappa shape index (κ1) is 13.2. The molecule has 2 aromatic rings. The van der Waals surface area contributed by atoms with Crippen LogP contribution in [0.25, 0.3) is 0 Å². The molecule has 0 radical (unpaired) electrons. The maximum atomic E-state index is 13.3. The van der Waals surface area contributed by atoms with E-state index in [0.29, 0.717) is 0 Å². The quantitative estimate of drug-likeness (QED) is 0.893. The Labute approximate surface area is 111 Å². The van der Waals surface area contributed by atoms with E-state index in [1.54, 1.807) is 23.6 Å². The molecule has 2 heterocycles. The first-order valence-electron chi connectivity index (χ1n) is 6.16. The third kappa shape index (κ3) is 2.76. The minimum Gasteiger partial charge on any atom is -0.306 e. The van der Waals surface area contributed by atoms with Crippen molar-refractivity contribution in [3.8, 4) is 0 Å². The normalized spacial score (nSPS) is 12.6. The van der Waals surface area contributed by atoms with E-state index in [0.717, 1.165) is 18.5 Å². The second-order valence-electron chi connectivity index (χ2n) is 4.09. The second kappa shape index (κ2) is 6.07. The summed E-state index contributed by atoms with van der Waals surface area (Å²) < 4.78 is 13.3. The van der Waals surface area contributed by atoms with E-state index in [2.05, 4.69) is 35.6 Å². The van der Waals surface area contributed by atoms with Crippen molar-refractivity contribution >= 4 is 11.3 Å². The smallest absolute Gasteiger partial charge is 0.141 e. The fourth-order valence-corrected chi connectivity index (χ4v) is 3.14. The molecule has 0 aromatic carbocycles. The van der Waals surface area contributed by atoms with Crippen LogP contribution in [0, 0.1) is 5.82 Å². The lowest BCUT2D eigenvalue weighted by molar-refractivity contribution is 0.598. The fraction of sp³-hybridized carbons (Fsp3) is 0.357. The lowest BCUT2D eigenvalue weighted by atomic mass is 10.0. The molecular formula is C14H17FN2S. The minimum atomic E-state index is -0.287. The molecule has 2 nitrogen and oxygen atoms in total. The van der Waals surface area contributed by atoms with E-state index < -0.39 is 0 Å². The Morgan fingerprint density at radius 2 is 2.22 bits per heavy atom. The number of halogens is 1. The van der Waals surface area contributed by atoms with Crippen molar-refractivity contribution in [2.24, 2.45) is 0 Å². The lowest BCUT2D eigenvalue weighted by Gasteiger charge is -2.18. The molecule has 2 rings (SSSR count). The highest BCUT2D eigenvalue weighted by Crippen LogP contribution is 2.30. The predicted octanol–water partition coefficient (Wildman–Crippen LogP) is 3.54. The molecule has 0 saturated carbocycles. The van der Waals surface area contributed by atoms with Crippen LogP contribution in [0.5, 0.6) is 0 Å². The molecule has 0 aliphatic carbocycles. The average molecular weight is 264 g/mol. The lowest BCUT2D eigenvalue weighted by Crippen LogP contribution is -2.22. The van der Waals surface area contributed by atoms with Gasteiger partial charge in [-0.05, 0) is 41.6 Å². The van der Waals surface area contributed by atoms with Crippen molar-refractivity contribution < 1.29 is 4.39 Å².